The van der Waals surface area contributed by atoms with Gasteiger partial charge >= 0.3 is 17.9 Å². The summed E-state index contributed by atoms with van der Waals surface area (Å²) >= 11 is 0. The molecule has 0 radical (unpaired) electrons. The summed E-state index contributed by atoms with van der Waals surface area (Å²) in [7, 11) is 5.97. The summed E-state index contributed by atoms with van der Waals surface area (Å²) in [6.07, 6.45) is 70.7. The summed E-state index contributed by atoms with van der Waals surface area (Å²) in [4.78, 5) is 37.3. The fourth-order valence-electron chi connectivity index (χ4n) is 8.93. The Balaban J connectivity index is 3.90. The minimum atomic E-state index is -1.51. The zero-order chi connectivity index (χ0) is 54.8. The van der Waals surface area contributed by atoms with Gasteiger partial charge < -0.3 is 28.5 Å². The molecule has 2 unspecified atom stereocenters. The van der Waals surface area contributed by atoms with Gasteiger partial charge in [0.05, 0.1) is 34.4 Å². The van der Waals surface area contributed by atoms with Crippen molar-refractivity contribution in [1.29, 1.82) is 0 Å². The van der Waals surface area contributed by atoms with Crippen molar-refractivity contribution in [2.24, 2.45) is 0 Å². The molecule has 0 aliphatic heterocycles. The number of ether oxygens (including phenoxy) is 4. The molecule has 0 rings (SSSR count). The van der Waals surface area contributed by atoms with Gasteiger partial charge in [0.25, 0.3) is 6.29 Å². The molecule has 1 N–H and O–H groups in total. The zero-order valence-electron chi connectivity index (χ0n) is 49.7. The second-order valence-electron chi connectivity index (χ2n) is 22.3. The Morgan fingerprint density at radius 1 is 0.413 bits per heavy atom. The number of rotatable bonds is 58. The molecule has 0 aromatic heterocycles. The van der Waals surface area contributed by atoms with E-state index >= 15 is 0 Å². The molecule has 0 aromatic carbocycles. The molecule has 436 valence electrons. The molecule has 9 heteroatoms. The fraction of sp³-hybridized carbons (Fsp3) is 0.803. The first-order valence-corrected chi connectivity index (χ1v) is 31.5. The van der Waals surface area contributed by atoms with Crippen LogP contribution in [0.25, 0.3) is 0 Å². The first kappa shape index (κ1) is 72.0. The maximum Gasteiger partial charge on any atom is 0.361 e. The molecule has 0 saturated carbocycles. The smallest absolute Gasteiger partial charge is 0.361 e. The predicted octanol–water partition coefficient (Wildman–Crippen LogP) is 18.8. The average molecular weight is 1060 g/mol. The number of carboxylic acid groups (broad SMARTS) is 1. The molecule has 9 nitrogen and oxygen atoms in total. The Bertz CT molecular complexity index is 1410. The highest BCUT2D eigenvalue weighted by molar-refractivity contribution is 5.71. The maximum atomic E-state index is 12.9. The van der Waals surface area contributed by atoms with E-state index in [0.29, 0.717) is 17.4 Å². The van der Waals surface area contributed by atoms with Crippen molar-refractivity contribution in [1.82, 2.24) is 0 Å². The molecule has 75 heavy (non-hydrogen) atoms. The highest BCUT2D eigenvalue weighted by atomic mass is 16.7. The second kappa shape index (κ2) is 57.2. The number of carbonyl (C=O) groups is 3. The van der Waals surface area contributed by atoms with Crippen LogP contribution < -0.4 is 0 Å². The highest BCUT2D eigenvalue weighted by Crippen LogP contribution is 2.18. The SMILES string of the molecule is CC/C=C\C/C=C\C/C=C\C/C=C\CCCCCCCCCCCCCCCCCCCCCCCCCCCCC(=O)OC(COC(=O)CCCCCCC/C=C\CCCC)COC(OCC[N+](C)(C)C)C(=O)O. The van der Waals surface area contributed by atoms with E-state index in [-0.39, 0.29) is 32.2 Å². The fourth-order valence-corrected chi connectivity index (χ4v) is 8.93. The molecule has 0 aliphatic carbocycles. The van der Waals surface area contributed by atoms with Crippen molar-refractivity contribution >= 4 is 17.9 Å². The second-order valence-corrected chi connectivity index (χ2v) is 22.3. The molecule has 0 spiro atoms. The number of hydrogen-bond donors (Lipinski definition) is 1. The van der Waals surface area contributed by atoms with E-state index in [4.69, 9.17) is 18.9 Å². The van der Waals surface area contributed by atoms with E-state index in [9.17, 15) is 19.5 Å². The van der Waals surface area contributed by atoms with Gasteiger partial charge in [-0.25, -0.2) is 4.79 Å². The molecule has 0 amide bonds. The Kier molecular flexibility index (Phi) is 54.9. The minimum absolute atomic E-state index is 0.183. The van der Waals surface area contributed by atoms with Crippen molar-refractivity contribution < 1.29 is 42.9 Å². The van der Waals surface area contributed by atoms with Crippen LogP contribution in [0.4, 0.5) is 0 Å². The van der Waals surface area contributed by atoms with E-state index in [1.807, 2.05) is 21.1 Å². The summed E-state index contributed by atoms with van der Waals surface area (Å²) in [6.45, 7) is 4.74. The van der Waals surface area contributed by atoms with Gasteiger partial charge in [0.1, 0.15) is 13.2 Å². The normalized spacial score (nSPS) is 13.1. The van der Waals surface area contributed by atoms with Gasteiger partial charge in [-0.3, -0.25) is 9.59 Å². The third kappa shape index (κ3) is 58.5. The summed E-state index contributed by atoms with van der Waals surface area (Å²) in [5.74, 6) is -2.01. The number of likely N-dealkylation sites (N-methyl/N-ethyl adjacent to an activating group) is 1. The van der Waals surface area contributed by atoms with E-state index in [0.717, 1.165) is 89.9 Å². The van der Waals surface area contributed by atoms with Crippen LogP contribution in [0.5, 0.6) is 0 Å². The van der Waals surface area contributed by atoms with Gasteiger partial charge in [0.2, 0.25) is 0 Å². The van der Waals surface area contributed by atoms with Crippen LogP contribution in [0.2, 0.25) is 0 Å². The van der Waals surface area contributed by atoms with E-state index in [2.05, 4.69) is 74.6 Å². The lowest BCUT2D eigenvalue weighted by molar-refractivity contribution is -0.870. The average Bonchev–Trinajstić information content (AvgIpc) is 3.38. The summed E-state index contributed by atoms with van der Waals surface area (Å²) in [6, 6.07) is 0. The van der Waals surface area contributed by atoms with Gasteiger partial charge in [0, 0.05) is 12.8 Å². The number of esters is 2. The predicted molar refractivity (Wildman–Crippen MR) is 318 cm³/mol. The summed E-state index contributed by atoms with van der Waals surface area (Å²) < 4.78 is 22.8. The number of quaternary nitrogens is 1. The topological polar surface area (TPSA) is 108 Å². The van der Waals surface area contributed by atoms with Crippen LogP contribution in [0, 0.1) is 0 Å². The zero-order valence-corrected chi connectivity index (χ0v) is 49.7. The molecule has 0 bridgehead atoms. The monoisotopic (exact) mass is 1050 g/mol. The van der Waals surface area contributed by atoms with Gasteiger partial charge in [-0.2, -0.15) is 0 Å². The molecule has 0 aromatic rings. The Labute approximate surface area is 463 Å². The van der Waals surface area contributed by atoms with Gasteiger partial charge in [-0.15, -0.1) is 0 Å². The molecule has 0 fully saturated rings. The molecular formula is C66H120NO8+. The molecule has 0 aliphatic rings. The number of carboxylic acids is 1. The van der Waals surface area contributed by atoms with Crippen LogP contribution in [0.1, 0.15) is 284 Å². The molecule has 2 atom stereocenters. The number of aliphatic carboxylic acids is 1. The van der Waals surface area contributed by atoms with Crippen LogP contribution in [0.15, 0.2) is 60.8 Å². The maximum absolute atomic E-state index is 12.9. The Morgan fingerprint density at radius 3 is 1.15 bits per heavy atom. The Morgan fingerprint density at radius 2 is 0.760 bits per heavy atom. The minimum Gasteiger partial charge on any atom is -0.477 e. The van der Waals surface area contributed by atoms with Crippen LogP contribution in [-0.2, 0) is 33.3 Å². The van der Waals surface area contributed by atoms with Crippen molar-refractivity contribution in [3.05, 3.63) is 60.8 Å². The first-order chi connectivity index (χ1) is 36.6. The van der Waals surface area contributed by atoms with Crippen LogP contribution in [0.3, 0.4) is 0 Å². The lowest BCUT2D eigenvalue weighted by Crippen LogP contribution is -2.40. The van der Waals surface area contributed by atoms with Crippen LogP contribution >= 0.6 is 0 Å². The molecule has 0 saturated heterocycles. The van der Waals surface area contributed by atoms with E-state index < -0.39 is 24.3 Å². The summed E-state index contributed by atoms with van der Waals surface area (Å²) in [5, 5.41) is 9.68. The number of nitrogens with zero attached hydrogens (tertiary/aromatic N) is 1. The largest absolute Gasteiger partial charge is 0.477 e. The van der Waals surface area contributed by atoms with Gasteiger partial charge in [-0.1, -0.05) is 261 Å². The lowest BCUT2D eigenvalue weighted by Gasteiger charge is -2.25. The first-order valence-electron chi connectivity index (χ1n) is 31.5. The van der Waals surface area contributed by atoms with E-state index in [1.165, 1.54) is 167 Å². The number of unbranched alkanes of at least 4 members (excludes halogenated alkanes) is 33. The molecular weight excluding hydrogens is 935 g/mol. The van der Waals surface area contributed by atoms with Crippen molar-refractivity contribution in [3.63, 3.8) is 0 Å². The third-order valence-electron chi connectivity index (χ3n) is 13.8. The lowest BCUT2D eigenvalue weighted by atomic mass is 10.0. The third-order valence-corrected chi connectivity index (χ3v) is 13.8. The number of hydrogen-bond acceptors (Lipinski definition) is 7. The molecule has 0 heterocycles. The highest BCUT2D eigenvalue weighted by Gasteiger charge is 2.25. The standard InChI is InChI=1S/C66H119NO8/c1-6-8-10-12-14-16-18-19-20-21-22-23-24-25-26-27-28-29-30-31-32-33-34-35-36-37-38-39-40-41-42-43-44-45-47-49-51-53-55-57-64(69)75-62(61-74-66(65(70)71)72-59-58-67(3,4)5)60-73-63(68)56-54-52-50-48-46-17-15-13-11-9-7-2/h8,10,13-16,19-20,22-23,62,66H,6-7,9,11-12,17-18,21,24-61H2,1-5H3/p+1/b10-8-,15-13-,16-14-,20-19-,23-22-. The Hall–Kier alpha value is -3.01. The quantitative estimate of drug-likeness (QED) is 0.0211. The number of allylic oxidation sites excluding steroid dienone is 10. The van der Waals surface area contributed by atoms with Crippen LogP contribution in [-0.4, -0.2) is 87.4 Å². The van der Waals surface area contributed by atoms with Gasteiger partial charge in [-0.05, 0) is 70.6 Å². The van der Waals surface area contributed by atoms with Crippen molar-refractivity contribution in [2.45, 2.75) is 296 Å². The van der Waals surface area contributed by atoms with Crippen molar-refractivity contribution in [3.8, 4) is 0 Å². The number of carbonyl (C=O) groups excluding carboxylic acids is 2. The van der Waals surface area contributed by atoms with Crippen molar-refractivity contribution in [2.75, 3.05) is 47.5 Å². The summed E-state index contributed by atoms with van der Waals surface area (Å²) in [5.41, 5.74) is 0. The van der Waals surface area contributed by atoms with E-state index in [1.54, 1.807) is 0 Å². The van der Waals surface area contributed by atoms with Gasteiger partial charge in [0.15, 0.2) is 6.10 Å².